The number of nitrogens with zero attached hydrogens (tertiary/aromatic N) is 1. The van der Waals surface area contributed by atoms with Gasteiger partial charge in [0.2, 0.25) is 11.8 Å². The molecule has 1 unspecified atom stereocenters. The van der Waals surface area contributed by atoms with Gasteiger partial charge in [-0.2, -0.15) is 0 Å². The Hall–Kier alpha value is -2.73. The molecule has 1 saturated heterocycles. The normalized spacial score (nSPS) is 15.2. The third-order valence-electron chi connectivity index (χ3n) is 4.56. The molecule has 0 bridgehead atoms. The van der Waals surface area contributed by atoms with Crippen LogP contribution in [0, 0.1) is 5.82 Å². The Bertz CT molecular complexity index is 759. The van der Waals surface area contributed by atoms with E-state index in [0.717, 1.165) is 11.1 Å². The minimum absolute atomic E-state index is 0.125. The number of carbonyl (C=O) groups is 2. The van der Waals surface area contributed by atoms with Gasteiger partial charge in [-0.1, -0.05) is 42.5 Å². The van der Waals surface area contributed by atoms with Crippen LogP contribution in [0.1, 0.15) is 23.6 Å². The molecule has 2 aromatic carbocycles. The van der Waals surface area contributed by atoms with E-state index < -0.39 is 6.04 Å². The summed E-state index contributed by atoms with van der Waals surface area (Å²) in [7, 11) is 0. The van der Waals surface area contributed by atoms with Gasteiger partial charge in [0.25, 0.3) is 0 Å². The molecule has 0 spiro atoms. The molecule has 1 heterocycles. The predicted octanol–water partition coefficient (Wildman–Crippen LogP) is 2.47. The molecule has 3 rings (SSSR count). The molecule has 142 valence electrons. The van der Waals surface area contributed by atoms with Crippen molar-refractivity contribution in [2.24, 2.45) is 0 Å². The van der Waals surface area contributed by atoms with Gasteiger partial charge < -0.3 is 15.0 Å². The predicted molar refractivity (Wildman–Crippen MR) is 99.4 cm³/mol. The summed E-state index contributed by atoms with van der Waals surface area (Å²) < 4.78 is 18.3. The number of rotatable bonds is 6. The Kier molecular flexibility index (Phi) is 6.54. The van der Waals surface area contributed by atoms with Crippen LogP contribution in [0.3, 0.4) is 0 Å². The van der Waals surface area contributed by atoms with Crippen LogP contribution < -0.4 is 5.32 Å². The molecular weight excluding hydrogens is 347 g/mol. The maximum Gasteiger partial charge on any atom is 0.249 e. The Morgan fingerprint density at radius 2 is 1.70 bits per heavy atom. The number of benzene rings is 2. The highest BCUT2D eigenvalue weighted by Gasteiger charge is 2.28. The van der Waals surface area contributed by atoms with Crippen LogP contribution in [0.25, 0.3) is 0 Å². The topological polar surface area (TPSA) is 58.6 Å². The van der Waals surface area contributed by atoms with E-state index in [9.17, 15) is 14.0 Å². The van der Waals surface area contributed by atoms with Crippen LogP contribution in [0.2, 0.25) is 0 Å². The molecule has 2 amide bonds. The first-order chi connectivity index (χ1) is 13.1. The molecule has 0 saturated carbocycles. The number of ether oxygens (including phenoxy) is 1. The standard InChI is InChI=1S/C21H23FN2O3/c22-18-9-6-16(7-10-18)8-11-19(25)23-20(17-4-2-1-3-5-17)21(26)24-12-14-27-15-13-24/h1-7,9-10,20H,8,11-15H2,(H,23,25). The monoisotopic (exact) mass is 370 g/mol. The van der Waals surface area contributed by atoms with Crippen molar-refractivity contribution >= 4 is 11.8 Å². The van der Waals surface area contributed by atoms with Gasteiger partial charge in [-0.05, 0) is 29.7 Å². The molecular formula is C21H23FN2O3. The van der Waals surface area contributed by atoms with Crippen LogP contribution in [0.4, 0.5) is 4.39 Å². The molecule has 1 aliphatic rings. The lowest BCUT2D eigenvalue weighted by Crippen LogP contribution is -2.47. The van der Waals surface area contributed by atoms with E-state index in [2.05, 4.69) is 5.32 Å². The van der Waals surface area contributed by atoms with Gasteiger partial charge in [0.15, 0.2) is 0 Å². The summed E-state index contributed by atoms with van der Waals surface area (Å²) in [5.41, 5.74) is 1.63. The highest BCUT2D eigenvalue weighted by atomic mass is 19.1. The van der Waals surface area contributed by atoms with E-state index in [1.165, 1.54) is 12.1 Å². The van der Waals surface area contributed by atoms with E-state index in [1.54, 1.807) is 17.0 Å². The molecule has 0 aromatic heterocycles. The van der Waals surface area contributed by atoms with E-state index in [1.807, 2.05) is 30.3 Å². The smallest absolute Gasteiger partial charge is 0.249 e. The Balaban J connectivity index is 1.66. The van der Waals surface area contributed by atoms with Crippen molar-refractivity contribution in [1.82, 2.24) is 10.2 Å². The maximum atomic E-state index is 13.0. The third kappa shape index (κ3) is 5.37. The quantitative estimate of drug-likeness (QED) is 0.850. The second-order valence-electron chi connectivity index (χ2n) is 6.48. The van der Waals surface area contributed by atoms with Crippen LogP contribution >= 0.6 is 0 Å². The average molecular weight is 370 g/mol. The summed E-state index contributed by atoms with van der Waals surface area (Å²) in [5, 5.41) is 2.87. The Morgan fingerprint density at radius 1 is 1.04 bits per heavy atom. The van der Waals surface area contributed by atoms with Gasteiger partial charge in [-0.25, -0.2) is 4.39 Å². The molecule has 5 nitrogen and oxygen atoms in total. The number of halogens is 1. The lowest BCUT2D eigenvalue weighted by molar-refractivity contribution is -0.140. The van der Waals surface area contributed by atoms with Crippen LogP contribution in [-0.2, 0) is 20.7 Å². The van der Waals surface area contributed by atoms with Crippen molar-refractivity contribution in [2.45, 2.75) is 18.9 Å². The highest BCUT2D eigenvalue weighted by Crippen LogP contribution is 2.17. The second kappa shape index (κ2) is 9.28. The van der Waals surface area contributed by atoms with Crippen LogP contribution in [0.15, 0.2) is 54.6 Å². The highest BCUT2D eigenvalue weighted by molar-refractivity contribution is 5.88. The first-order valence-electron chi connectivity index (χ1n) is 9.09. The van der Waals surface area contributed by atoms with Gasteiger partial charge in [-0.15, -0.1) is 0 Å². The van der Waals surface area contributed by atoms with Crippen molar-refractivity contribution in [1.29, 1.82) is 0 Å². The molecule has 0 aliphatic carbocycles. The first-order valence-corrected chi connectivity index (χ1v) is 9.09. The summed E-state index contributed by atoms with van der Waals surface area (Å²) in [5.74, 6) is -0.641. The summed E-state index contributed by atoms with van der Waals surface area (Å²) in [6, 6.07) is 14.6. The summed E-state index contributed by atoms with van der Waals surface area (Å²) in [6.07, 6.45) is 0.713. The number of amides is 2. The lowest BCUT2D eigenvalue weighted by atomic mass is 10.0. The van der Waals surface area contributed by atoms with Gasteiger partial charge >= 0.3 is 0 Å². The SMILES string of the molecule is O=C(CCc1ccc(F)cc1)NC(C(=O)N1CCOCC1)c1ccccc1. The minimum atomic E-state index is -0.718. The number of morpholine rings is 1. The largest absolute Gasteiger partial charge is 0.378 e. The zero-order valence-electron chi connectivity index (χ0n) is 15.1. The average Bonchev–Trinajstić information content (AvgIpc) is 2.72. The summed E-state index contributed by atoms with van der Waals surface area (Å²) in [6.45, 7) is 2.05. The Morgan fingerprint density at radius 3 is 2.37 bits per heavy atom. The van der Waals surface area contributed by atoms with Crippen LogP contribution in [0.5, 0.6) is 0 Å². The first kappa shape index (κ1) is 19.0. The third-order valence-corrected chi connectivity index (χ3v) is 4.56. The molecule has 2 aromatic rings. The van der Waals surface area contributed by atoms with Gasteiger partial charge in [0.05, 0.1) is 13.2 Å². The van der Waals surface area contributed by atoms with Crippen molar-refractivity contribution in [3.05, 3.63) is 71.5 Å². The summed E-state index contributed by atoms with van der Waals surface area (Å²) >= 11 is 0. The molecule has 0 radical (unpaired) electrons. The number of carbonyl (C=O) groups excluding carboxylic acids is 2. The summed E-state index contributed by atoms with van der Waals surface area (Å²) in [4.78, 5) is 27.2. The number of nitrogens with one attached hydrogen (secondary N) is 1. The van der Waals surface area contributed by atoms with Crippen molar-refractivity contribution in [3.63, 3.8) is 0 Å². The molecule has 1 fully saturated rings. The molecule has 27 heavy (non-hydrogen) atoms. The Labute approximate surface area is 158 Å². The fourth-order valence-corrected chi connectivity index (χ4v) is 3.04. The van der Waals surface area contributed by atoms with E-state index >= 15 is 0 Å². The van der Waals surface area contributed by atoms with E-state index in [4.69, 9.17) is 4.74 Å². The maximum absolute atomic E-state index is 13.0. The van der Waals surface area contributed by atoms with Crippen molar-refractivity contribution < 1.29 is 18.7 Å². The van der Waals surface area contributed by atoms with Crippen LogP contribution in [-0.4, -0.2) is 43.0 Å². The molecule has 6 heteroatoms. The number of hydrogen-bond donors (Lipinski definition) is 1. The minimum Gasteiger partial charge on any atom is -0.378 e. The number of aryl methyl sites for hydroxylation is 1. The van der Waals surface area contributed by atoms with Crippen molar-refractivity contribution in [3.8, 4) is 0 Å². The second-order valence-corrected chi connectivity index (χ2v) is 6.48. The zero-order valence-corrected chi connectivity index (χ0v) is 15.1. The fourth-order valence-electron chi connectivity index (χ4n) is 3.04. The van der Waals surface area contributed by atoms with Gasteiger partial charge in [0.1, 0.15) is 11.9 Å². The van der Waals surface area contributed by atoms with Crippen molar-refractivity contribution in [2.75, 3.05) is 26.3 Å². The van der Waals surface area contributed by atoms with Gasteiger partial charge in [-0.3, -0.25) is 9.59 Å². The van der Waals surface area contributed by atoms with E-state index in [0.29, 0.717) is 32.7 Å². The molecule has 1 aliphatic heterocycles. The lowest BCUT2D eigenvalue weighted by Gasteiger charge is -2.31. The van der Waals surface area contributed by atoms with Gasteiger partial charge in [0, 0.05) is 19.5 Å². The zero-order chi connectivity index (χ0) is 19.1. The molecule has 1 atom stereocenters. The molecule has 1 N–H and O–H groups in total. The number of hydrogen-bond acceptors (Lipinski definition) is 3. The van der Waals surface area contributed by atoms with E-state index in [-0.39, 0.29) is 24.1 Å². The fraction of sp³-hybridized carbons (Fsp3) is 0.333.